The van der Waals surface area contributed by atoms with Crippen molar-refractivity contribution in [1.82, 2.24) is 10.6 Å². The molecule has 6 nitrogen and oxygen atoms in total. The lowest BCUT2D eigenvalue weighted by atomic mass is 10.3. The molecule has 1 saturated carbocycles. The van der Waals surface area contributed by atoms with E-state index in [-0.39, 0.29) is 30.7 Å². The molecule has 0 aromatic carbocycles. The van der Waals surface area contributed by atoms with E-state index >= 15 is 0 Å². The molecule has 2 amide bonds. The summed E-state index contributed by atoms with van der Waals surface area (Å²) in [6.07, 6.45) is 2.69. The van der Waals surface area contributed by atoms with Crippen molar-refractivity contribution in [1.29, 1.82) is 0 Å². The predicted molar refractivity (Wildman–Crippen MR) is 55.6 cm³/mol. The van der Waals surface area contributed by atoms with Crippen molar-refractivity contribution in [2.45, 2.75) is 25.7 Å². The first kappa shape index (κ1) is 12.5. The summed E-state index contributed by atoms with van der Waals surface area (Å²) < 4.78 is 0. The van der Waals surface area contributed by atoms with E-state index in [1.165, 1.54) is 0 Å². The van der Waals surface area contributed by atoms with Gasteiger partial charge >= 0.3 is 5.97 Å². The Kier molecular flexibility index (Phi) is 4.75. The first-order valence-corrected chi connectivity index (χ1v) is 5.36. The number of aliphatic carboxylic acids is 1. The maximum atomic E-state index is 11.2. The van der Waals surface area contributed by atoms with Crippen molar-refractivity contribution in [3.8, 4) is 0 Å². The second kappa shape index (κ2) is 6.09. The van der Waals surface area contributed by atoms with E-state index in [1.807, 2.05) is 0 Å². The summed E-state index contributed by atoms with van der Waals surface area (Å²) in [6, 6.07) is 0. The maximum Gasteiger partial charge on any atom is 0.322 e. The lowest BCUT2D eigenvalue weighted by Gasteiger charge is -2.04. The molecule has 16 heavy (non-hydrogen) atoms. The second-order valence-corrected chi connectivity index (χ2v) is 3.84. The molecule has 90 valence electrons. The van der Waals surface area contributed by atoms with E-state index in [2.05, 4.69) is 10.6 Å². The molecular formula is C10H16N2O4. The van der Waals surface area contributed by atoms with Crippen LogP contribution >= 0.6 is 0 Å². The molecule has 0 aromatic rings. The number of carboxylic acids is 1. The summed E-state index contributed by atoms with van der Waals surface area (Å²) >= 11 is 0. The lowest BCUT2D eigenvalue weighted by molar-refractivity contribution is -0.137. The largest absolute Gasteiger partial charge is 0.480 e. The fraction of sp³-hybridized carbons (Fsp3) is 0.700. The average molecular weight is 228 g/mol. The van der Waals surface area contributed by atoms with Crippen LogP contribution in [0, 0.1) is 5.92 Å². The number of carbonyl (C=O) groups excluding carboxylic acids is 2. The highest BCUT2D eigenvalue weighted by Crippen LogP contribution is 2.28. The van der Waals surface area contributed by atoms with Crippen LogP contribution in [0.25, 0.3) is 0 Å². The molecule has 0 unspecified atom stereocenters. The Morgan fingerprint density at radius 1 is 1.19 bits per heavy atom. The second-order valence-electron chi connectivity index (χ2n) is 3.84. The van der Waals surface area contributed by atoms with E-state index < -0.39 is 5.97 Å². The molecule has 3 N–H and O–H groups in total. The van der Waals surface area contributed by atoms with Gasteiger partial charge in [-0.05, 0) is 19.3 Å². The van der Waals surface area contributed by atoms with Gasteiger partial charge in [-0.25, -0.2) is 0 Å². The third-order valence-electron chi connectivity index (χ3n) is 2.26. The topological polar surface area (TPSA) is 95.5 Å². The molecular weight excluding hydrogens is 212 g/mol. The third kappa shape index (κ3) is 5.33. The predicted octanol–water partition coefficient (Wildman–Crippen LogP) is -0.506. The van der Waals surface area contributed by atoms with Crippen molar-refractivity contribution in [2.75, 3.05) is 13.1 Å². The summed E-state index contributed by atoms with van der Waals surface area (Å²) in [6.45, 7) is 0.114. The van der Waals surface area contributed by atoms with Crippen LogP contribution in [-0.4, -0.2) is 36.0 Å². The van der Waals surface area contributed by atoms with Gasteiger partial charge in [0.1, 0.15) is 6.54 Å². The number of rotatable bonds is 7. The van der Waals surface area contributed by atoms with Crippen LogP contribution in [0.3, 0.4) is 0 Å². The molecule has 0 radical (unpaired) electrons. The van der Waals surface area contributed by atoms with Gasteiger partial charge in [-0.1, -0.05) is 0 Å². The Hall–Kier alpha value is -1.59. The minimum Gasteiger partial charge on any atom is -0.480 e. The minimum absolute atomic E-state index is 0.0611. The Morgan fingerprint density at radius 3 is 2.44 bits per heavy atom. The molecule has 1 fully saturated rings. The van der Waals surface area contributed by atoms with Crippen molar-refractivity contribution >= 4 is 17.8 Å². The first-order chi connectivity index (χ1) is 7.59. The summed E-state index contributed by atoms with van der Waals surface area (Å²) in [7, 11) is 0. The highest BCUT2D eigenvalue weighted by atomic mass is 16.4. The van der Waals surface area contributed by atoms with Crippen LogP contribution in [-0.2, 0) is 14.4 Å². The summed E-state index contributed by atoms with van der Waals surface area (Å²) in [5, 5.41) is 13.3. The van der Waals surface area contributed by atoms with Crippen molar-refractivity contribution < 1.29 is 19.5 Å². The average Bonchev–Trinajstić information content (AvgIpc) is 3.04. The van der Waals surface area contributed by atoms with Crippen molar-refractivity contribution in [2.24, 2.45) is 5.92 Å². The fourth-order valence-electron chi connectivity index (χ4n) is 1.21. The molecule has 6 heteroatoms. The Bertz CT molecular complexity index is 287. The van der Waals surface area contributed by atoms with Crippen LogP contribution in [0.2, 0.25) is 0 Å². The number of carbonyl (C=O) groups is 3. The normalized spacial score (nSPS) is 14.2. The zero-order valence-corrected chi connectivity index (χ0v) is 8.99. The van der Waals surface area contributed by atoms with Gasteiger partial charge in [-0.3, -0.25) is 14.4 Å². The van der Waals surface area contributed by atoms with Crippen LogP contribution in [0.5, 0.6) is 0 Å². The van der Waals surface area contributed by atoms with Gasteiger partial charge in [0.25, 0.3) is 0 Å². The quantitative estimate of drug-likeness (QED) is 0.511. The highest BCUT2D eigenvalue weighted by Gasteiger charge is 2.28. The van der Waals surface area contributed by atoms with E-state index in [0.717, 1.165) is 12.8 Å². The number of hydrogen-bond acceptors (Lipinski definition) is 3. The number of hydrogen-bond donors (Lipinski definition) is 3. The smallest absolute Gasteiger partial charge is 0.322 e. The number of nitrogens with one attached hydrogen (secondary N) is 2. The maximum absolute atomic E-state index is 11.2. The van der Waals surface area contributed by atoms with E-state index in [0.29, 0.717) is 13.0 Å². The van der Waals surface area contributed by atoms with Crippen LogP contribution in [0.1, 0.15) is 25.7 Å². The van der Waals surface area contributed by atoms with Gasteiger partial charge in [0, 0.05) is 18.9 Å². The van der Waals surface area contributed by atoms with Crippen LogP contribution < -0.4 is 10.6 Å². The monoisotopic (exact) mass is 228 g/mol. The number of carboxylic acid groups (broad SMARTS) is 1. The molecule has 0 atom stereocenters. The molecule has 1 rings (SSSR count). The van der Waals surface area contributed by atoms with Crippen molar-refractivity contribution in [3.05, 3.63) is 0 Å². The highest BCUT2D eigenvalue weighted by molar-refractivity contribution is 5.82. The first-order valence-electron chi connectivity index (χ1n) is 5.36. The summed E-state index contributed by atoms with van der Waals surface area (Å²) in [4.78, 5) is 32.4. The summed E-state index contributed by atoms with van der Waals surface area (Å²) in [5.74, 6) is -1.12. The Labute approximate surface area is 93.4 Å². The SMILES string of the molecule is O=C(O)CNC(=O)CCCNC(=O)C1CC1. The molecule has 1 aliphatic carbocycles. The van der Waals surface area contributed by atoms with Gasteiger partial charge in [0.05, 0.1) is 0 Å². The zero-order valence-electron chi connectivity index (χ0n) is 8.99. The molecule has 0 spiro atoms. The van der Waals surface area contributed by atoms with Crippen LogP contribution in [0.4, 0.5) is 0 Å². The van der Waals surface area contributed by atoms with Crippen molar-refractivity contribution in [3.63, 3.8) is 0 Å². The number of amides is 2. The molecule has 0 saturated heterocycles. The van der Waals surface area contributed by atoms with E-state index in [1.54, 1.807) is 0 Å². The minimum atomic E-state index is -1.06. The van der Waals surface area contributed by atoms with E-state index in [4.69, 9.17) is 5.11 Å². The Morgan fingerprint density at radius 2 is 1.88 bits per heavy atom. The van der Waals surface area contributed by atoms with Gasteiger partial charge in [-0.15, -0.1) is 0 Å². The molecule has 1 aliphatic rings. The third-order valence-corrected chi connectivity index (χ3v) is 2.26. The van der Waals surface area contributed by atoms with Gasteiger partial charge in [0.2, 0.25) is 11.8 Å². The van der Waals surface area contributed by atoms with Gasteiger partial charge in [-0.2, -0.15) is 0 Å². The van der Waals surface area contributed by atoms with E-state index in [9.17, 15) is 14.4 Å². The lowest BCUT2D eigenvalue weighted by Crippen LogP contribution is -2.31. The molecule has 0 aliphatic heterocycles. The van der Waals surface area contributed by atoms with Gasteiger partial charge < -0.3 is 15.7 Å². The fourth-order valence-corrected chi connectivity index (χ4v) is 1.21. The summed E-state index contributed by atoms with van der Waals surface area (Å²) in [5.41, 5.74) is 0. The molecule has 0 bridgehead atoms. The Balaban J connectivity index is 1.95. The molecule has 0 heterocycles. The van der Waals surface area contributed by atoms with Crippen LogP contribution in [0.15, 0.2) is 0 Å². The molecule has 0 aromatic heterocycles. The zero-order chi connectivity index (χ0) is 12.0. The van der Waals surface area contributed by atoms with Gasteiger partial charge in [0.15, 0.2) is 0 Å². The standard InChI is InChI=1S/C10H16N2O4/c13-8(12-6-9(14)15)2-1-5-11-10(16)7-3-4-7/h7H,1-6H2,(H,11,16)(H,12,13)(H,14,15).